The normalized spacial score (nSPS) is 29.0. The maximum absolute atomic E-state index is 11.5. The van der Waals surface area contributed by atoms with E-state index in [0.717, 1.165) is 0 Å². The molecule has 0 aliphatic heterocycles. The molecular formula is C4H6F2. The van der Waals surface area contributed by atoms with E-state index in [1.807, 2.05) is 0 Å². The van der Waals surface area contributed by atoms with Gasteiger partial charge in [0.05, 0.1) is 0 Å². The van der Waals surface area contributed by atoms with Crippen LogP contribution in [0.5, 0.6) is 0 Å². The number of rotatable bonds is 0. The molecule has 0 bridgehead atoms. The fourth-order valence-electron chi connectivity index (χ4n) is 0.444. The van der Waals surface area contributed by atoms with E-state index in [4.69, 9.17) is 0 Å². The molecule has 0 atom stereocenters. The van der Waals surface area contributed by atoms with E-state index in [1.54, 1.807) is 0 Å². The minimum atomic E-state index is -2.28. The molecule has 0 aromatic heterocycles. The molecule has 0 spiro atoms. The second kappa shape index (κ2) is 0.922. The van der Waals surface area contributed by atoms with Gasteiger partial charge in [0.2, 0.25) is 5.92 Å². The second-order valence-electron chi connectivity index (χ2n) is 1.71. The Morgan fingerprint density at radius 3 is 1.50 bits per heavy atom. The molecule has 1 aliphatic carbocycles. The monoisotopic (exact) mass is 92.0 g/mol. The quantitative estimate of drug-likeness (QED) is 0.427. The van der Waals surface area contributed by atoms with Gasteiger partial charge in [-0.15, -0.1) is 0 Å². The zero-order valence-electron chi connectivity index (χ0n) is 3.38. The van der Waals surface area contributed by atoms with Crippen LogP contribution in [0.25, 0.3) is 0 Å². The van der Waals surface area contributed by atoms with Gasteiger partial charge in [-0.3, -0.25) is 0 Å². The molecule has 0 unspecified atom stereocenters. The molecule has 2 heteroatoms. The third-order valence-corrected chi connectivity index (χ3v) is 1.09. The van der Waals surface area contributed by atoms with Crippen LogP contribution in [0.4, 0.5) is 8.78 Å². The number of halogens is 2. The largest absolute Gasteiger partial charge is 0.248 e. The minimum absolute atomic E-state index is 0.118. The number of hydrogen-bond acceptors (Lipinski definition) is 0. The van der Waals surface area contributed by atoms with E-state index >= 15 is 0 Å². The fraction of sp³-hybridized carbons (Fsp3) is 1.00. The highest BCUT2D eigenvalue weighted by Crippen LogP contribution is 2.36. The van der Waals surface area contributed by atoms with Crippen LogP contribution in [0.3, 0.4) is 0 Å². The molecular weight excluding hydrogens is 86.0 g/mol. The van der Waals surface area contributed by atoms with Gasteiger partial charge in [-0.25, -0.2) is 8.78 Å². The fourth-order valence-corrected chi connectivity index (χ4v) is 0.444. The number of hydrogen-bond donors (Lipinski definition) is 0. The third kappa shape index (κ3) is 0.511. The van der Waals surface area contributed by atoms with Crippen LogP contribution in [-0.4, -0.2) is 5.92 Å². The van der Waals surface area contributed by atoms with Crippen molar-refractivity contribution in [3.05, 3.63) is 0 Å². The molecule has 1 fully saturated rings. The molecule has 6 heavy (non-hydrogen) atoms. The molecule has 1 aliphatic rings. The zero-order valence-corrected chi connectivity index (χ0v) is 3.38. The Bertz CT molecular complexity index is 52.6. The summed E-state index contributed by atoms with van der Waals surface area (Å²) in [7, 11) is 0. The molecule has 36 valence electrons. The first kappa shape index (κ1) is 4.03. The Morgan fingerprint density at radius 2 is 1.50 bits per heavy atom. The predicted octanol–water partition coefficient (Wildman–Crippen LogP) is 1.81. The zero-order chi connectivity index (χ0) is 4.62. The van der Waals surface area contributed by atoms with Gasteiger partial charge in [-0.1, -0.05) is 0 Å². The van der Waals surface area contributed by atoms with Crippen molar-refractivity contribution in [2.45, 2.75) is 25.2 Å². The van der Waals surface area contributed by atoms with Crippen LogP contribution in [-0.2, 0) is 0 Å². The van der Waals surface area contributed by atoms with Crippen molar-refractivity contribution in [2.75, 3.05) is 0 Å². The lowest BCUT2D eigenvalue weighted by molar-refractivity contribution is -0.0716. The molecule has 0 saturated heterocycles. The summed E-state index contributed by atoms with van der Waals surface area (Å²) in [5.41, 5.74) is 0. The highest BCUT2D eigenvalue weighted by molar-refractivity contribution is 4.75. The van der Waals surface area contributed by atoms with Gasteiger partial charge < -0.3 is 0 Å². The molecule has 0 N–H and O–H groups in total. The first-order valence-electron chi connectivity index (χ1n) is 2.09. The lowest BCUT2D eigenvalue weighted by Crippen LogP contribution is -2.24. The lowest BCUT2D eigenvalue weighted by atomic mass is 9.95. The van der Waals surface area contributed by atoms with E-state index in [0.29, 0.717) is 6.42 Å². The third-order valence-electron chi connectivity index (χ3n) is 1.09. The summed E-state index contributed by atoms with van der Waals surface area (Å²) in [6.45, 7) is 0. The van der Waals surface area contributed by atoms with Crippen molar-refractivity contribution in [1.29, 1.82) is 0 Å². The molecule has 1 rings (SSSR count). The summed E-state index contributed by atoms with van der Waals surface area (Å²) in [5, 5.41) is 0. The molecule has 0 radical (unpaired) electrons. The molecule has 0 aromatic carbocycles. The van der Waals surface area contributed by atoms with Crippen LogP contribution in [0.15, 0.2) is 0 Å². The van der Waals surface area contributed by atoms with Gasteiger partial charge in [0.15, 0.2) is 0 Å². The average molecular weight is 92.1 g/mol. The standard InChI is InChI=1S/C4H6F2/c5-4(6)2-1-3-4/h1-3H2. The summed E-state index contributed by atoms with van der Waals surface area (Å²) in [6, 6.07) is 0. The van der Waals surface area contributed by atoms with Gasteiger partial charge in [0.25, 0.3) is 0 Å². The summed E-state index contributed by atoms with van der Waals surface area (Å²) in [4.78, 5) is 0. The Kier molecular flexibility index (Phi) is 0.620. The average Bonchev–Trinajstić information content (AvgIpc) is 1.32. The lowest BCUT2D eigenvalue weighted by Gasteiger charge is -2.23. The van der Waals surface area contributed by atoms with E-state index in [-0.39, 0.29) is 12.8 Å². The Balaban J connectivity index is 2.31. The summed E-state index contributed by atoms with van der Waals surface area (Å²) in [6.07, 6.45) is 0.951. The predicted molar refractivity (Wildman–Crippen MR) is 18.8 cm³/mol. The first-order chi connectivity index (χ1) is 2.71. The van der Waals surface area contributed by atoms with Crippen LogP contribution < -0.4 is 0 Å². The SMILES string of the molecule is FC1(F)CCC1. The maximum atomic E-state index is 11.5. The highest BCUT2D eigenvalue weighted by Gasteiger charge is 2.36. The van der Waals surface area contributed by atoms with Crippen molar-refractivity contribution in [3.63, 3.8) is 0 Å². The van der Waals surface area contributed by atoms with Gasteiger partial charge in [0, 0.05) is 12.8 Å². The summed E-state index contributed by atoms with van der Waals surface area (Å²) in [5.74, 6) is -2.28. The van der Waals surface area contributed by atoms with Crippen LogP contribution in [0, 0.1) is 0 Å². The molecule has 0 amide bonds. The maximum Gasteiger partial charge on any atom is 0.248 e. The van der Waals surface area contributed by atoms with Crippen molar-refractivity contribution < 1.29 is 8.78 Å². The summed E-state index contributed by atoms with van der Waals surface area (Å²) >= 11 is 0. The van der Waals surface area contributed by atoms with E-state index in [2.05, 4.69) is 0 Å². The van der Waals surface area contributed by atoms with Crippen molar-refractivity contribution in [2.24, 2.45) is 0 Å². The van der Waals surface area contributed by atoms with Gasteiger partial charge in [0.1, 0.15) is 0 Å². The van der Waals surface area contributed by atoms with Crippen LogP contribution in [0.2, 0.25) is 0 Å². The molecule has 0 nitrogen and oxygen atoms in total. The van der Waals surface area contributed by atoms with Crippen LogP contribution >= 0.6 is 0 Å². The summed E-state index contributed by atoms with van der Waals surface area (Å²) < 4.78 is 23.1. The van der Waals surface area contributed by atoms with Gasteiger partial charge in [-0.2, -0.15) is 0 Å². The Hall–Kier alpha value is -0.140. The Labute approximate surface area is 35.2 Å². The topological polar surface area (TPSA) is 0 Å². The van der Waals surface area contributed by atoms with Crippen LogP contribution in [0.1, 0.15) is 19.3 Å². The van der Waals surface area contributed by atoms with Crippen molar-refractivity contribution in [1.82, 2.24) is 0 Å². The number of alkyl halides is 2. The smallest absolute Gasteiger partial charge is 0.207 e. The van der Waals surface area contributed by atoms with Crippen molar-refractivity contribution >= 4 is 0 Å². The molecule has 0 heterocycles. The highest BCUT2D eigenvalue weighted by atomic mass is 19.3. The first-order valence-corrected chi connectivity index (χ1v) is 2.09. The van der Waals surface area contributed by atoms with E-state index in [1.165, 1.54) is 0 Å². The second-order valence-corrected chi connectivity index (χ2v) is 1.71. The minimum Gasteiger partial charge on any atom is -0.207 e. The van der Waals surface area contributed by atoms with E-state index < -0.39 is 5.92 Å². The molecule has 0 aromatic rings. The molecule has 1 saturated carbocycles. The van der Waals surface area contributed by atoms with E-state index in [9.17, 15) is 8.78 Å². The van der Waals surface area contributed by atoms with Gasteiger partial charge in [-0.05, 0) is 6.42 Å². The van der Waals surface area contributed by atoms with Crippen molar-refractivity contribution in [3.8, 4) is 0 Å². The Morgan fingerprint density at radius 1 is 1.17 bits per heavy atom. The van der Waals surface area contributed by atoms with Gasteiger partial charge >= 0.3 is 0 Å².